The van der Waals surface area contributed by atoms with E-state index in [1.54, 1.807) is 7.05 Å². The molecule has 0 saturated carbocycles. The minimum Gasteiger partial charge on any atom is -0.459 e. The van der Waals surface area contributed by atoms with Gasteiger partial charge in [0, 0.05) is 18.5 Å². The van der Waals surface area contributed by atoms with Crippen molar-refractivity contribution in [3.05, 3.63) is 36.1 Å². The number of nitrogens with one attached hydrogen (secondary N) is 1. The average Bonchev–Trinajstić information content (AvgIpc) is 3.08. The van der Waals surface area contributed by atoms with Crippen LogP contribution in [-0.4, -0.2) is 43.9 Å². The third-order valence-corrected chi connectivity index (χ3v) is 6.09. The summed E-state index contributed by atoms with van der Waals surface area (Å²) in [7, 11) is -1.33. The van der Waals surface area contributed by atoms with Gasteiger partial charge in [0.25, 0.3) is 0 Å². The van der Waals surface area contributed by atoms with E-state index in [-0.39, 0.29) is 29.6 Å². The van der Waals surface area contributed by atoms with Crippen molar-refractivity contribution in [3.63, 3.8) is 0 Å². The zero-order chi connectivity index (χ0) is 16.6. The van der Waals surface area contributed by atoms with Crippen molar-refractivity contribution in [3.8, 4) is 0 Å². The molecule has 1 aliphatic heterocycles. The van der Waals surface area contributed by atoms with Gasteiger partial charge in [-0.3, -0.25) is 0 Å². The van der Waals surface area contributed by atoms with Crippen molar-refractivity contribution in [2.45, 2.75) is 25.4 Å². The molecule has 0 spiro atoms. The van der Waals surface area contributed by atoms with E-state index in [1.165, 1.54) is 4.90 Å². The van der Waals surface area contributed by atoms with Gasteiger partial charge in [0.2, 0.25) is 0 Å². The minimum atomic E-state index is -3.01. The fourth-order valence-electron chi connectivity index (χ4n) is 2.76. The second kappa shape index (κ2) is 5.88. The summed E-state index contributed by atoms with van der Waals surface area (Å²) in [5.41, 5.74) is 0.782. The Bertz CT molecular complexity index is 794. The van der Waals surface area contributed by atoms with Crippen LogP contribution in [0.5, 0.6) is 0 Å². The zero-order valence-corrected chi connectivity index (χ0v) is 14.0. The Morgan fingerprint density at radius 3 is 2.78 bits per heavy atom. The first-order valence-electron chi connectivity index (χ1n) is 7.58. The summed E-state index contributed by atoms with van der Waals surface area (Å²) >= 11 is 0. The maximum absolute atomic E-state index is 12.3. The van der Waals surface area contributed by atoms with E-state index < -0.39 is 9.84 Å². The maximum atomic E-state index is 12.3. The van der Waals surface area contributed by atoms with E-state index >= 15 is 0 Å². The lowest BCUT2D eigenvalue weighted by Crippen LogP contribution is -2.44. The highest BCUT2D eigenvalue weighted by molar-refractivity contribution is 7.91. The standard InChI is InChI=1S/C16H20N2O4S/c1-11(15-9-12-5-3-4-6-14(12)22-15)18(2)16(19)17-13-7-8-23(20,21)10-13/h3-6,9,11,13H,7-8,10H2,1-2H3,(H,17,19)/t11-,13-/m0/s1. The van der Waals surface area contributed by atoms with Gasteiger partial charge in [-0.25, -0.2) is 13.2 Å². The Labute approximate surface area is 135 Å². The SMILES string of the molecule is C[C@@H](c1cc2ccccc2o1)N(C)C(=O)N[C@H]1CCS(=O)(=O)C1. The van der Waals surface area contributed by atoms with E-state index in [1.807, 2.05) is 37.3 Å². The molecule has 2 aromatic rings. The van der Waals surface area contributed by atoms with Crippen LogP contribution in [0.15, 0.2) is 34.7 Å². The number of furan rings is 1. The summed E-state index contributed by atoms with van der Waals surface area (Å²) < 4.78 is 28.7. The Morgan fingerprint density at radius 1 is 1.39 bits per heavy atom. The summed E-state index contributed by atoms with van der Waals surface area (Å²) in [5, 5.41) is 3.78. The van der Waals surface area contributed by atoms with E-state index in [0.717, 1.165) is 11.0 Å². The van der Waals surface area contributed by atoms with Crippen LogP contribution in [0, 0.1) is 0 Å². The number of amides is 2. The molecule has 124 valence electrons. The highest BCUT2D eigenvalue weighted by atomic mass is 32.2. The highest BCUT2D eigenvalue weighted by Crippen LogP contribution is 2.26. The molecule has 2 amide bonds. The molecule has 1 saturated heterocycles. The number of hydrogen-bond acceptors (Lipinski definition) is 4. The van der Waals surface area contributed by atoms with Gasteiger partial charge in [0.05, 0.1) is 17.5 Å². The Morgan fingerprint density at radius 2 is 2.13 bits per heavy atom. The quantitative estimate of drug-likeness (QED) is 0.933. The van der Waals surface area contributed by atoms with Crippen LogP contribution in [0.25, 0.3) is 11.0 Å². The molecule has 0 aliphatic carbocycles. The van der Waals surface area contributed by atoms with E-state index in [2.05, 4.69) is 5.32 Å². The number of fused-ring (bicyclic) bond motifs is 1. The minimum absolute atomic E-state index is 0.0194. The second-order valence-corrected chi connectivity index (χ2v) is 8.25. The Hall–Kier alpha value is -2.02. The van der Waals surface area contributed by atoms with Crippen molar-refractivity contribution in [1.29, 1.82) is 0 Å². The normalized spacial score (nSPS) is 21.2. The molecular formula is C16H20N2O4S. The van der Waals surface area contributed by atoms with Crippen LogP contribution in [0.2, 0.25) is 0 Å². The second-order valence-electron chi connectivity index (χ2n) is 6.02. The summed E-state index contributed by atoms with van der Waals surface area (Å²) in [6.45, 7) is 1.88. The van der Waals surface area contributed by atoms with Gasteiger partial charge in [0.1, 0.15) is 11.3 Å². The summed E-state index contributed by atoms with van der Waals surface area (Å²) in [6.07, 6.45) is 0.473. The summed E-state index contributed by atoms with van der Waals surface area (Å²) in [6, 6.07) is 8.75. The summed E-state index contributed by atoms with van der Waals surface area (Å²) in [5.74, 6) is 0.856. The van der Waals surface area contributed by atoms with Crippen LogP contribution < -0.4 is 5.32 Å². The Balaban J connectivity index is 1.69. The topological polar surface area (TPSA) is 79.6 Å². The number of hydrogen-bond donors (Lipinski definition) is 1. The van der Waals surface area contributed by atoms with Gasteiger partial charge >= 0.3 is 6.03 Å². The molecule has 1 aromatic carbocycles. The zero-order valence-electron chi connectivity index (χ0n) is 13.2. The number of sulfone groups is 1. The monoisotopic (exact) mass is 336 g/mol. The molecule has 1 aliphatic rings. The van der Waals surface area contributed by atoms with Gasteiger partial charge in [-0.15, -0.1) is 0 Å². The lowest BCUT2D eigenvalue weighted by atomic mass is 10.2. The number of urea groups is 1. The first-order chi connectivity index (χ1) is 10.9. The molecule has 2 heterocycles. The van der Waals surface area contributed by atoms with Crippen LogP contribution in [-0.2, 0) is 9.84 Å². The first-order valence-corrected chi connectivity index (χ1v) is 9.40. The molecule has 2 atom stereocenters. The molecule has 1 fully saturated rings. The molecule has 1 aromatic heterocycles. The van der Waals surface area contributed by atoms with Crippen LogP contribution >= 0.6 is 0 Å². The van der Waals surface area contributed by atoms with Crippen molar-refractivity contribution in [2.24, 2.45) is 0 Å². The van der Waals surface area contributed by atoms with E-state index in [9.17, 15) is 13.2 Å². The summed E-state index contributed by atoms with van der Waals surface area (Å²) in [4.78, 5) is 13.8. The molecule has 1 N–H and O–H groups in total. The van der Waals surface area contributed by atoms with E-state index in [4.69, 9.17) is 4.42 Å². The van der Waals surface area contributed by atoms with Gasteiger partial charge in [-0.05, 0) is 25.5 Å². The number of benzene rings is 1. The lowest BCUT2D eigenvalue weighted by molar-refractivity contribution is 0.185. The third kappa shape index (κ3) is 3.34. The molecule has 0 radical (unpaired) electrons. The first kappa shape index (κ1) is 15.9. The molecule has 0 bridgehead atoms. The molecule has 6 nitrogen and oxygen atoms in total. The fourth-order valence-corrected chi connectivity index (χ4v) is 4.43. The molecule has 0 unspecified atom stereocenters. The number of carbonyl (C=O) groups excluding carboxylic acids is 1. The van der Waals surface area contributed by atoms with Crippen molar-refractivity contribution in [1.82, 2.24) is 10.2 Å². The third-order valence-electron chi connectivity index (χ3n) is 4.32. The van der Waals surface area contributed by atoms with Crippen LogP contribution in [0.1, 0.15) is 25.1 Å². The van der Waals surface area contributed by atoms with Crippen molar-refractivity contribution >= 4 is 26.8 Å². The highest BCUT2D eigenvalue weighted by Gasteiger charge is 2.30. The van der Waals surface area contributed by atoms with Gasteiger partial charge in [0.15, 0.2) is 9.84 Å². The fraction of sp³-hybridized carbons (Fsp3) is 0.438. The predicted octanol–water partition coefficient (Wildman–Crippen LogP) is 2.32. The number of rotatable bonds is 3. The molecule has 3 rings (SSSR count). The number of carbonyl (C=O) groups is 1. The smallest absolute Gasteiger partial charge is 0.318 e. The van der Waals surface area contributed by atoms with E-state index in [0.29, 0.717) is 12.2 Å². The number of nitrogens with zero attached hydrogens (tertiary/aromatic N) is 1. The maximum Gasteiger partial charge on any atom is 0.318 e. The molecule has 23 heavy (non-hydrogen) atoms. The van der Waals surface area contributed by atoms with Gasteiger partial charge in [-0.1, -0.05) is 18.2 Å². The van der Waals surface area contributed by atoms with Gasteiger partial charge in [-0.2, -0.15) is 0 Å². The van der Waals surface area contributed by atoms with Crippen molar-refractivity contribution < 1.29 is 17.6 Å². The lowest BCUT2D eigenvalue weighted by Gasteiger charge is -2.25. The predicted molar refractivity (Wildman–Crippen MR) is 88.0 cm³/mol. The van der Waals surface area contributed by atoms with Crippen LogP contribution in [0.3, 0.4) is 0 Å². The molecule has 7 heteroatoms. The average molecular weight is 336 g/mol. The Kier molecular flexibility index (Phi) is 4.06. The van der Waals surface area contributed by atoms with Gasteiger partial charge < -0.3 is 14.6 Å². The molecular weight excluding hydrogens is 316 g/mol. The largest absolute Gasteiger partial charge is 0.459 e. The van der Waals surface area contributed by atoms with Crippen LogP contribution in [0.4, 0.5) is 4.79 Å². The van der Waals surface area contributed by atoms with Crippen molar-refractivity contribution in [2.75, 3.05) is 18.6 Å². The number of para-hydroxylation sites is 1.